The molecule has 0 saturated carbocycles. The second kappa shape index (κ2) is 10.1. The van der Waals surface area contributed by atoms with Crippen LogP contribution >= 0.6 is 11.6 Å². The Kier molecular flexibility index (Phi) is 7.06. The zero-order chi connectivity index (χ0) is 26.2. The summed E-state index contributed by atoms with van der Waals surface area (Å²) in [5.41, 5.74) is 3.66. The fraction of sp³-hybridized carbons (Fsp3) is 0.387. The standard InChI is InChI=1S/C31H35ClN2O3/c1-21(35)22-8-13-29-27(18-22)25(26-6-4-15-33-28(26)19-37-29)7-5-16-34-17-14-31(36,30(2,3)20-34)23-9-11-24(32)12-10-23/h4,6-13,15,18,28,33,36H,5,14,16-17,19-20H2,1-3H3/b25-7+. The summed E-state index contributed by atoms with van der Waals surface area (Å²) in [4.78, 5) is 14.6. The SMILES string of the molecule is CC(=O)c1ccc2c(c1)/C(=C/CCN1CCC(O)(c3ccc(Cl)cc3)C(C)(C)C1)C1=CC=CNC1CO2. The Balaban J connectivity index is 1.37. The third kappa shape index (κ3) is 5.00. The number of carbonyl (C=O) groups is 1. The van der Waals surface area contributed by atoms with Crippen molar-refractivity contribution in [2.75, 3.05) is 26.2 Å². The van der Waals surface area contributed by atoms with Crippen LogP contribution in [0.5, 0.6) is 5.75 Å². The van der Waals surface area contributed by atoms with Gasteiger partial charge >= 0.3 is 0 Å². The van der Waals surface area contributed by atoms with Crippen LogP contribution in [0.15, 0.2) is 72.5 Å². The minimum absolute atomic E-state index is 0.0438. The van der Waals surface area contributed by atoms with Crippen LogP contribution < -0.4 is 10.1 Å². The Morgan fingerprint density at radius 1 is 1.24 bits per heavy atom. The summed E-state index contributed by atoms with van der Waals surface area (Å²) in [5, 5.41) is 15.8. The Hall–Kier alpha value is -2.86. The van der Waals surface area contributed by atoms with Gasteiger partial charge in [-0.3, -0.25) is 4.79 Å². The highest BCUT2D eigenvalue weighted by Crippen LogP contribution is 2.46. The highest BCUT2D eigenvalue weighted by molar-refractivity contribution is 6.30. The lowest BCUT2D eigenvalue weighted by molar-refractivity contribution is -0.125. The molecule has 2 atom stereocenters. The van der Waals surface area contributed by atoms with Crippen molar-refractivity contribution in [2.24, 2.45) is 5.41 Å². The second-order valence-electron chi connectivity index (χ2n) is 11.0. The lowest BCUT2D eigenvalue weighted by Gasteiger charge is -2.50. The van der Waals surface area contributed by atoms with E-state index in [0.717, 1.165) is 48.5 Å². The van der Waals surface area contributed by atoms with Gasteiger partial charge in [0.05, 0.1) is 11.6 Å². The van der Waals surface area contributed by atoms with Gasteiger partial charge in [0.25, 0.3) is 0 Å². The van der Waals surface area contributed by atoms with Crippen LogP contribution in [0.25, 0.3) is 5.57 Å². The van der Waals surface area contributed by atoms with Gasteiger partial charge in [-0.15, -0.1) is 0 Å². The number of nitrogens with zero attached hydrogens (tertiary/aromatic N) is 1. The Morgan fingerprint density at radius 3 is 2.76 bits per heavy atom. The van der Waals surface area contributed by atoms with Crippen molar-refractivity contribution >= 4 is 23.0 Å². The average molecular weight is 519 g/mol. The minimum atomic E-state index is -0.897. The molecule has 3 heterocycles. The average Bonchev–Trinajstić information content (AvgIpc) is 3.03. The predicted octanol–water partition coefficient (Wildman–Crippen LogP) is 5.74. The molecule has 0 aromatic heterocycles. The highest BCUT2D eigenvalue weighted by Gasteiger charge is 2.48. The number of hydrogen-bond donors (Lipinski definition) is 2. The van der Waals surface area contributed by atoms with Gasteiger partial charge in [-0.1, -0.05) is 49.7 Å². The van der Waals surface area contributed by atoms with Crippen molar-refractivity contribution < 1.29 is 14.6 Å². The van der Waals surface area contributed by atoms with Gasteiger partial charge < -0.3 is 20.1 Å². The van der Waals surface area contributed by atoms with Crippen LogP contribution in [0.3, 0.4) is 0 Å². The Bertz CT molecular complexity index is 1280. The molecule has 37 heavy (non-hydrogen) atoms. The maximum atomic E-state index is 12.1. The molecule has 2 N–H and O–H groups in total. The number of halogens is 1. The number of piperidine rings is 1. The number of allylic oxidation sites excluding steroid dienone is 2. The number of carbonyl (C=O) groups excluding carboxylic acids is 1. The number of ether oxygens (including phenoxy) is 1. The number of benzene rings is 2. The molecule has 1 saturated heterocycles. The minimum Gasteiger partial charge on any atom is -0.490 e. The lowest BCUT2D eigenvalue weighted by Crippen LogP contribution is -2.55. The number of nitrogens with one attached hydrogen (secondary N) is 1. The number of aliphatic hydroxyl groups is 1. The van der Waals surface area contributed by atoms with E-state index in [9.17, 15) is 9.90 Å². The summed E-state index contributed by atoms with van der Waals surface area (Å²) in [7, 11) is 0. The molecule has 2 aromatic carbocycles. The van der Waals surface area contributed by atoms with Gasteiger partial charge in [-0.25, -0.2) is 0 Å². The third-order valence-electron chi connectivity index (χ3n) is 8.08. The van der Waals surface area contributed by atoms with E-state index in [0.29, 0.717) is 23.6 Å². The summed E-state index contributed by atoms with van der Waals surface area (Å²) >= 11 is 6.09. The van der Waals surface area contributed by atoms with E-state index < -0.39 is 5.60 Å². The predicted molar refractivity (Wildman–Crippen MR) is 149 cm³/mol. The van der Waals surface area contributed by atoms with Crippen molar-refractivity contribution in [1.82, 2.24) is 10.2 Å². The Labute approximate surface area is 224 Å². The summed E-state index contributed by atoms with van der Waals surface area (Å²) in [6, 6.07) is 13.4. The molecule has 0 radical (unpaired) electrons. The van der Waals surface area contributed by atoms with Crippen molar-refractivity contribution in [3.05, 3.63) is 94.2 Å². The van der Waals surface area contributed by atoms with E-state index in [-0.39, 0.29) is 17.2 Å². The zero-order valence-electron chi connectivity index (χ0n) is 21.8. The summed E-state index contributed by atoms with van der Waals surface area (Å²) in [6.07, 6.45) is 9.90. The zero-order valence-corrected chi connectivity index (χ0v) is 22.5. The first-order valence-electron chi connectivity index (χ1n) is 13.0. The normalized spacial score (nSPS) is 25.8. The molecule has 6 heteroatoms. The van der Waals surface area contributed by atoms with Gasteiger partial charge in [0.2, 0.25) is 0 Å². The summed E-state index contributed by atoms with van der Waals surface area (Å²) in [5.74, 6) is 0.850. The number of Topliss-reactive ketones (excluding diaryl/α,β-unsaturated/α-hetero) is 1. The first-order valence-corrected chi connectivity index (χ1v) is 13.4. The van der Waals surface area contributed by atoms with E-state index in [1.165, 1.54) is 5.57 Å². The largest absolute Gasteiger partial charge is 0.490 e. The molecular formula is C31H35ClN2O3. The quantitative estimate of drug-likeness (QED) is 0.494. The van der Waals surface area contributed by atoms with Crippen LogP contribution in [0.4, 0.5) is 0 Å². The molecule has 5 nitrogen and oxygen atoms in total. The molecule has 0 bridgehead atoms. The first-order chi connectivity index (χ1) is 17.7. The van der Waals surface area contributed by atoms with E-state index in [1.54, 1.807) is 6.92 Å². The van der Waals surface area contributed by atoms with Crippen LogP contribution in [0, 0.1) is 5.41 Å². The number of rotatable bonds is 5. The molecular weight excluding hydrogens is 484 g/mol. The molecule has 3 aliphatic heterocycles. The maximum Gasteiger partial charge on any atom is 0.159 e. The smallest absolute Gasteiger partial charge is 0.159 e. The first kappa shape index (κ1) is 25.8. The van der Waals surface area contributed by atoms with Crippen LogP contribution in [0.1, 0.15) is 55.1 Å². The van der Waals surface area contributed by atoms with Gasteiger partial charge in [0.15, 0.2) is 5.78 Å². The van der Waals surface area contributed by atoms with Crippen molar-refractivity contribution in [1.29, 1.82) is 0 Å². The summed E-state index contributed by atoms with van der Waals surface area (Å²) in [6.45, 7) is 8.90. The second-order valence-corrected chi connectivity index (χ2v) is 11.4. The maximum absolute atomic E-state index is 12.1. The molecule has 2 aromatic rings. The molecule has 0 aliphatic carbocycles. The number of fused-ring (bicyclic) bond motifs is 2. The molecule has 2 unspecified atom stereocenters. The molecule has 1 fully saturated rings. The molecule has 0 amide bonds. The summed E-state index contributed by atoms with van der Waals surface area (Å²) < 4.78 is 6.14. The molecule has 5 rings (SSSR count). The fourth-order valence-corrected chi connectivity index (χ4v) is 5.98. The Morgan fingerprint density at radius 2 is 2.03 bits per heavy atom. The van der Waals surface area contributed by atoms with E-state index >= 15 is 0 Å². The van der Waals surface area contributed by atoms with Gasteiger partial charge in [-0.05, 0) is 79.1 Å². The van der Waals surface area contributed by atoms with Gasteiger partial charge in [0.1, 0.15) is 12.4 Å². The topological polar surface area (TPSA) is 61.8 Å². The number of likely N-dealkylation sites (tertiary alicyclic amines) is 1. The van der Waals surface area contributed by atoms with Crippen molar-refractivity contribution in [2.45, 2.75) is 45.3 Å². The lowest BCUT2D eigenvalue weighted by atomic mass is 9.66. The van der Waals surface area contributed by atoms with E-state index in [2.05, 4.69) is 36.2 Å². The van der Waals surface area contributed by atoms with Crippen molar-refractivity contribution in [3.63, 3.8) is 0 Å². The van der Waals surface area contributed by atoms with Gasteiger partial charge in [0, 0.05) is 41.2 Å². The van der Waals surface area contributed by atoms with E-state index in [1.807, 2.05) is 54.7 Å². The molecule has 3 aliphatic rings. The highest BCUT2D eigenvalue weighted by atomic mass is 35.5. The van der Waals surface area contributed by atoms with Crippen LogP contribution in [0.2, 0.25) is 5.02 Å². The molecule has 0 spiro atoms. The third-order valence-corrected chi connectivity index (χ3v) is 8.33. The van der Waals surface area contributed by atoms with Crippen LogP contribution in [-0.4, -0.2) is 48.1 Å². The van der Waals surface area contributed by atoms with Crippen LogP contribution in [-0.2, 0) is 5.60 Å². The number of ketones is 1. The van der Waals surface area contributed by atoms with E-state index in [4.69, 9.17) is 16.3 Å². The fourth-order valence-electron chi connectivity index (χ4n) is 5.86. The molecule has 194 valence electrons. The number of dihydropyridines is 1. The number of hydrogen-bond acceptors (Lipinski definition) is 5. The van der Waals surface area contributed by atoms with Crippen molar-refractivity contribution in [3.8, 4) is 5.75 Å². The van der Waals surface area contributed by atoms with Gasteiger partial charge in [-0.2, -0.15) is 0 Å². The monoisotopic (exact) mass is 518 g/mol.